The summed E-state index contributed by atoms with van der Waals surface area (Å²) in [6.07, 6.45) is 7.23. The first-order valence-corrected chi connectivity index (χ1v) is 3.99. The quantitative estimate of drug-likeness (QED) is 0.685. The largest absolute Gasteiger partial charge is 0.362 e. The fourth-order valence-corrected chi connectivity index (χ4v) is 1.18. The van der Waals surface area contributed by atoms with E-state index < -0.39 is 0 Å². The van der Waals surface area contributed by atoms with Gasteiger partial charge in [0.15, 0.2) is 0 Å². The molecule has 0 aliphatic carbocycles. The van der Waals surface area contributed by atoms with Gasteiger partial charge >= 0.3 is 0 Å². The van der Waals surface area contributed by atoms with Gasteiger partial charge in [-0.15, -0.1) is 0 Å². The van der Waals surface area contributed by atoms with E-state index in [4.69, 9.17) is 11.6 Å². The molecule has 1 aliphatic heterocycles. The van der Waals surface area contributed by atoms with E-state index in [0.29, 0.717) is 5.03 Å². The number of aromatic amines is 1. The highest BCUT2D eigenvalue weighted by Gasteiger charge is 2.03. The van der Waals surface area contributed by atoms with Crippen LogP contribution in [0.15, 0.2) is 40.1 Å². The Morgan fingerprint density at radius 3 is 3.00 bits per heavy atom. The Kier molecular flexibility index (Phi) is 1.84. The third-order valence-electron chi connectivity index (χ3n) is 1.59. The molecule has 0 aromatic carbocycles. The lowest BCUT2D eigenvalue weighted by Crippen LogP contribution is -1.74. The predicted octanol–water partition coefficient (Wildman–Crippen LogP) is 2.56. The molecular formula is C9H7ClN2. The summed E-state index contributed by atoms with van der Waals surface area (Å²) < 4.78 is 0. The predicted molar refractivity (Wildman–Crippen MR) is 51.2 cm³/mol. The Bertz CT molecular complexity index is 358. The van der Waals surface area contributed by atoms with Crippen molar-refractivity contribution in [1.82, 2.24) is 4.98 Å². The van der Waals surface area contributed by atoms with E-state index >= 15 is 0 Å². The molecule has 0 atom stereocenters. The van der Waals surface area contributed by atoms with Crippen LogP contribution in [0.5, 0.6) is 0 Å². The molecule has 2 rings (SSSR count). The minimum absolute atomic E-state index is 0.685. The number of hydrogen-bond acceptors (Lipinski definition) is 1. The number of aliphatic imine (C=N–C) groups is 1. The van der Waals surface area contributed by atoms with Crippen LogP contribution in [0.2, 0.25) is 0 Å². The first-order valence-electron chi connectivity index (χ1n) is 3.61. The van der Waals surface area contributed by atoms with Crippen molar-refractivity contribution in [3.63, 3.8) is 0 Å². The fraction of sp³-hybridized carbons (Fsp3) is 0. The summed E-state index contributed by atoms with van der Waals surface area (Å²) in [5.74, 6) is 0. The smallest absolute Gasteiger partial charge is 0.0837 e. The normalized spacial score (nSPS) is 18.8. The second kappa shape index (κ2) is 2.99. The molecular weight excluding hydrogens is 172 g/mol. The summed E-state index contributed by atoms with van der Waals surface area (Å²) in [4.78, 5) is 7.13. The molecule has 1 aromatic rings. The second-order valence-corrected chi connectivity index (χ2v) is 2.86. The van der Waals surface area contributed by atoms with E-state index in [1.807, 2.05) is 24.4 Å². The van der Waals surface area contributed by atoms with Crippen LogP contribution in [0.1, 0.15) is 5.69 Å². The van der Waals surface area contributed by atoms with Crippen molar-refractivity contribution in [3.05, 3.63) is 40.8 Å². The molecule has 2 heterocycles. The Morgan fingerprint density at radius 2 is 2.42 bits per heavy atom. The number of rotatable bonds is 1. The molecule has 1 N–H and O–H groups in total. The molecule has 0 saturated heterocycles. The molecule has 0 unspecified atom stereocenters. The van der Waals surface area contributed by atoms with Crippen molar-refractivity contribution < 1.29 is 0 Å². The molecule has 12 heavy (non-hydrogen) atoms. The van der Waals surface area contributed by atoms with Crippen molar-refractivity contribution in [1.29, 1.82) is 0 Å². The molecule has 0 radical (unpaired) electrons. The zero-order chi connectivity index (χ0) is 8.39. The molecule has 60 valence electrons. The summed E-state index contributed by atoms with van der Waals surface area (Å²) in [7, 11) is 0. The third-order valence-corrected chi connectivity index (χ3v) is 1.91. The zero-order valence-electron chi connectivity index (χ0n) is 6.29. The highest BCUT2D eigenvalue weighted by Crippen LogP contribution is 2.21. The average molecular weight is 179 g/mol. The Hall–Kier alpha value is -1.28. The van der Waals surface area contributed by atoms with Gasteiger partial charge in [-0.2, -0.15) is 0 Å². The first-order chi connectivity index (χ1) is 5.86. The number of nitrogens with one attached hydrogen (secondary N) is 1. The lowest BCUT2D eigenvalue weighted by atomic mass is 10.3. The highest BCUT2D eigenvalue weighted by atomic mass is 35.5. The minimum Gasteiger partial charge on any atom is -0.362 e. The standard InChI is InChI=1S/C9H7ClN2/c10-8-3-5-12-9(8)6-7-2-1-4-11-7/h1-6,11H/b9-6-. The lowest BCUT2D eigenvalue weighted by molar-refractivity contribution is 1.36. The summed E-state index contributed by atoms with van der Waals surface area (Å²) in [6.45, 7) is 0. The molecule has 1 aromatic heterocycles. The number of allylic oxidation sites excluding steroid dienone is 2. The molecule has 1 aliphatic rings. The Morgan fingerprint density at radius 1 is 1.50 bits per heavy atom. The topological polar surface area (TPSA) is 28.1 Å². The van der Waals surface area contributed by atoms with Crippen LogP contribution in [-0.2, 0) is 0 Å². The maximum Gasteiger partial charge on any atom is 0.0837 e. The van der Waals surface area contributed by atoms with E-state index in [2.05, 4.69) is 9.98 Å². The molecule has 0 fully saturated rings. The van der Waals surface area contributed by atoms with Crippen molar-refractivity contribution in [3.8, 4) is 0 Å². The van der Waals surface area contributed by atoms with Crippen LogP contribution in [0.25, 0.3) is 6.08 Å². The van der Waals surface area contributed by atoms with E-state index in [0.717, 1.165) is 11.4 Å². The zero-order valence-corrected chi connectivity index (χ0v) is 7.05. The summed E-state index contributed by atoms with van der Waals surface area (Å²) in [5.41, 5.74) is 1.81. The summed E-state index contributed by atoms with van der Waals surface area (Å²) in [5, 5.41) is 0.685. The summed E-state index contributed by atoms with van der Waals surface area (Å²) in [6, 6.07) is 3.90. The fourth-order valence-electron chi connectivity index (χ4n) is 1.02. The minimum atomic E-state index is 0.685. The average Bonchev–Trinajstić information content (AvgIpc) is 2.65. The van der Waals surface area contributed by atoms with Crippen LogP contribution < -0.4 is 0 Å². The molecule has 3 heteroatoms. The van der Waals surface area contributed by atoms with Gasteiger partial charge in [0.1, 0.15) is 0 Å². The maximum atomic E-state index is 5.85. The number of hydrogen-bond donors (Lipinski definition) is 1. The monoisotopic (exact) mass is 178 g/mol. The van der Waals surface area contributed by atoms with E-state index in [9.17, 15) is 0 Å². The van der Waals surface area contributed by atoms with E-state index in [-0.39, 0.29) is 0 Å². The van der Waals surface area contributed by atoms with Crippen LogP contribution in [0.4, 0.5) is 0 Å². The van der Waals surface area contributed by atoms with E-state index in [1.54, 1.807) is 12.3 Å². The highest BCUT2D eigenvalue weighted by molar-refractivity contribution is 6.34. The first kappa shape index (κ1) is 7.37. The van der Waals surface area contributed by atoms with Crippen molar-refractivity contribution in [2.75, 3.05) is 0 Å². The van der Waals surface area contributed by atoms with Crippen LogP contribution >= 0.6 is 11.6 Å². The number of nitrogens with zero attached hydrogens (tertiary/aromatic N) is 1. The molecule has 0 saturated carbocycles. The Labute approximate surface area is 75.3 Å². The van der Waals surface area contributed by atoms with Gasteiger partial charge in [0.25, 0.3) is 0 Å². The SMILES string of the molecule is ClC1=CC=N/C1=C\c1ccc[nH]1. The lowest BCUT2D eigenvalue weighted by Gasteiger charge is -1.91. The van der Waals surface area contributed by atoms with Gasteiger partial charge in [-0.1, -0.05) is 11.6 Å². The van der Waals surface area contributed by atoms with Gasteiger partial charge in [-0.3, -0.25) is 4.99 Å². The van der Waals surface area contributed by atoms with Gasteiger partial charge in [0.05, 0.1) is 10.7 Å². The van der Waals surface area contributed by atoms with Crippen molar-refractivity contribution >= 4 is 23.9 Å². The molecule has 0 amide bonds. The van der Waals surface area contributed by atoms with Crippen molar-refractivity contribution in [2.24, 2.45) is 4.99 Å². The van der Waals surface area contributed by atoms with Gasteiger partial charge in [0.2, 0.25) is 0 Å². The van der Waals surface area contributed by atoms with Gasteiger partial charge in [-0.05, 0) is 24.3 Å². The molecule has 0 bridgehead atoms. The van der Waals surface area contributed by atoms with Crippen LogP contribution in [-0.4, -0.2) is 11.2 Å². The second-order valence-electron chi connectivity index (χ2n) is 2.45. The number of halogens is 1. The Balaban J connectivity index is 2.31. The van der Waals surface area contributed by atoms with Crippen LogP contribution in [0, 0.1) is 0 Å². The van der Waals surface area contributed by atoms with Crippen LogP contribution in [0.3, 0.4) is 0 Å². The molecule has 2 nitrogen and oxygen atoms in total. The molecule has 0 spiro atoms. The van der Waals surface area contributed by atoms with Crippen molar-refractivity contribution in [2.45, 2.75) is 0 Å². The van der Waals surface area contributed by atoms with E-state index in [1.165, 1.54) is 0 Å². The third kappa shape index (κ3) is 1.34. The summed E-state index contributed by atoms with van der Waals surface area (Å²) >= 11 is 5.85. The van der Waals surface area contributed by atoms with Gasteiger partial charge in [0, 0.05) is 18.1 Å². The number of H-pyrrole nitrogens is 1. The van der Waals surface area contributed by atoms with Gasteiger partial charge in [-0.25, -0.2) is 0 Å². The number of aromatic nitrogens is 1. The maximum absolute atomic E-state index is 5.85. The van der Waals surface area contributed by atoms with Gasteiger partial charge < -0.3 is 4.98 Å².